The van der Waals surface area contributed by atoms with E-state index in [0.29, 0.717) is 12.0 Å². The molecule has 2 aromatic heterocycles. The van der Waals surface area contributed by atoms with Crippen LogP contribution < -0.4 is 5.32 Å². The van der Waals surface area contributed by atoms with Gasteiger partial charge in [-0.2, -0.15) is 37.7 Å². The van der Waals surface area contributed by atoms with E-state index in [-0.39, 0.29) is 5.60 Å². The van der Waals surface area contributed by atoms with Crippen LogP contribution in [0.5, 0.6) is 0 Å². The van der Waals surface area contributed by atoms with Crippen molar-refractivity contribution >= 4 is 29.2 Å². The van der Waals surface area contributed by atoms with Crippen LogP contribution in [0.25, 0.3) is 0 Å². The van der Waals surface area contributed by atoms with Crippen molar-refractivity contribution in [1.82, 2.24) is 14.9 Å². The lowest BCUT2D eigenvalue weighted by Gasteiger charge is -2.39. The van der Waals surface area contributed by atoms with Crippen LogP contribution in [-0.4, -0.2) is 80.7 Å². The number of thiophene rings is 1. The molecule has 3 N–H and O–H groups in total. The highest BCUT2D eigenvalue weighted by Crippen LogP contribution is 2.36. The molecule has 2 aromatic rings. The normalized spacial score (nSPS) is 21.8. The summed E-state index contributed by atoms with van der Waals surface area (Å²) in [5, 5.41) is 22.1. The maximum absolute atomic E-state index is 10.6. The number of anilines is 1. The third-order valence-corrected chi connectivity index (χ3v) is 5.93. The molecule has 0 bridgehead atoms. The molecule has 37 heavy (non-hydrogen) atoms. The van der Waals surface area contributed by atoms with Crippen LogP contribution in [0.1, 0.15) is 24.8 Å². The van der Waals surface area contributed by atoms with Crippen LogP contribution in [0.2, 0.25) is 0 Å². The monoisotopic (exact) mass is 558 g/mol. The van der Waals surface area contributed by atoms with Crippen molar-refractivity contribution in [3.05, 3.63) is 40.8 Å². The molecule has 2 atom stereocenters. The van der Waals surface area contributed by atoms with Crippen LogP contribution in [0.4, 0.5) is 32.3 Å². The molecule has 206 valence electrons. The van der Waals surface area contributed by atoms with Crippen LogP contribution in [0.3, 0.4) is 0 Å². The Hall–Kier alpha value is -2.98. The highest BCUT2D eigenvalue weighted by Gasteiger charge is 2.43. The van der Waals surface area contributed by atoms with E-state index in [1.807, 2.05) is 6.07 Å². The van der Waals surface area contributed by atoms with E-state index in [2.05, 4.69) is 37.0 Å². The Balaban J connectivity index is 0.000000286. The topological polar surface area (TPSA) is 125 Å². The van der Waals surface area contributed by atoms with Gasteiger partial charge in [-0.25, -0.2) is 19.6 Å². The summed E-state index contributed by atoms with van der Waals surface area (Å²) >= 11 is 1.77. The molecule has 2 saturated heterocycles. The van der Waals surface area contributed by atoms with Gasteiger partial charge in [0.15, 0.2) is 0 Å². The van der Waals surface area contributed by atoms with E-state index in [9.17, 15) is 26.3 Å². The van der Waals surface area contributed by atoms with Gasteiger partial charge in [0, 0.05) is 31.9 Å². The number of likely N-dealkylation sites (tertiary alicyclic amines) is 1. The van der Waals surface area contributed by atoms with E-state index in [1.165, 1.54) is 18.5 Å². The first kappa shape index (κ1) is 30.2. The van der Waals surface area contributed by atoms with Crippen LogP contribution in [0, 0.1) is 0 Å². The van der Waals surface area contributed by atoms with Gasteiger partial charge < -0.3 is 20.3 Å². The van der Waals surface area contributed by atoms with E-state index in [1.54, 1.807) is 23.7 Å². The number of hydrogen-bond donors (Lipinski definition) is 3. The zero-order chi connectivity index (χ0) is 27.7. The Morgan fingerprint density at radius 3 is 2.24 bits per heavy atom. The molecular weight excluding hydrogens is 534 g/mol. The van der Waals surface area contributed by atoms with Crippen molar-refractivity contribution in [2.24, 2.45) is 0 Å². The molecule has 2 unspecified atom stereocenters. The number of aromatic nitrogens is 2. The summed E-state index contributed by atoms with van der Waals surface area (Å²) in [6.45, 7) is 3.97. The van der Waals surface area contributed by atoms with Gasteiger partial charge in [0.2, 0.25) is 5.95 Å². The van der Waals surface area contributed by atoms with E-state index < -0.39 is 24.3 Å². The molecule has 0 amide bonds. The summed E-state index contributed by atoms with van der Waals surface area (Å²) in [6.07, 6.45) is -3.24. The number of alkyl halides is 6. The Morgan fingerprint density at radius 1 is 1.14 bits per heavy atom. The molecule has 2 fully saturated rings. The lowest BCUT2D eigenvalue weighted by Crippen LogP contribution is -2.47. The summed E-state index contributed by atoms with van der Waals surface area (Å²) < 4.78 is 69.7. The van der Waals surface area contributed by atoms with Crippen molar-refractivity contribution in [2.45, 2.75) is 49.8 Å². The zero-order valence-electron chi connectivity index (χ0n) is 19.1. The van der Waals surface area contributed by atoms with E-state index >= 15 is 0 Å². The summed E-state index contributed by atoms with van der Waals surface area (Å²) in [5.74, 6) is -4.82. The number of aliphatic carboxylic acids is 2. The Bertz CT molecular complexity index is 970. The molecule has 0 saturated carbocycles. The molecular formula is C21H24F6N4O5S. The third-order valence-electron chi connectivity index (χ3n) is 5.20. The number of nitrogens with zero attached hydrogens (tertiary/aromatic N) is 3. The predicted molar refractivity (Wildman–Crippen MR) is 119 cm³/mol. The lowest BCUT2D eigenvalue weighted by molar-refractivity contribution is -0.193. The molecule has 2 aliphatic heterocycles. The Kier molecular flexibility index (Phi) is 10.6. The fraction of sp³-hybridized carbons (Fsp3) is 0.524. The van der Waals surface area contributed by atoms with E-state index in [0.717, 1.165) is 32.5 Å². The second kappa shape index (κ2) is 13.0. The minimum atomic E-state index is -5.08. The fourth-order valence-electron chi connectivity index (χ4n) is 3.74. The van der Waals surface area contributed by atoms with Crippen molar-refractivity contribution in [1.29, 1.82) is 0 Å². The van der Waals surface area contributed by atoms with Gasteiger partial charge in [0.25, 0.3) is 0 Å². The second-order valence-corrected chi connectivity index (χ2v) is 8.94. The number of carboxylic acid groups (broad SMARTS) is 2. The van der Waals surface area contributed by atoms with Gasteiger partial charge >= 0.3 is 24.3 Å². The van der Waals surface area contributed by atoms with Gasteiger partial charge in [-0.15, -0.1) is 0 Å². The molecule has 0 aromatic carbocycles. The number of rotatable bonds is 4. The molecule has 2 aliphatic rings. The molecule has 0 radical (unpaired) electrons. The summed E-state index contributed by atoms with van der Waals surface area (Å²) in [6, 6.07) is 4.36. The van der Waals surface area contributed by atoms with Crippen LogP contribution in [0.15, 0.2) is 35.3 Å². The Morgan fingerprint density at radius 2 is 1.73 bits per heavy atom. The minimum Gasteiger partial charge on any atom is -0.475 e. The highest BCUT2D eigenvalue weighted by molar-refractivity contribution is 7.07. The Labute approximate surface area is 211 Å². The zero-order valence-corrected chi connectivity index (χ0v) is 19.9. The molecule has 4 heterocycles. The molecule has 4 rings (SSSR count). The van der Waals surface area contributed by atoms with Crippen molar-refractivity contribution in [2.75, 3.05) is 25.0 Å². The number of nitrogens with one attached hydrogen (secondary N) is 1. The van der Waals surface area contributed by atoms with Gasteiger partial charge in [-0.05, 0) is 47.8 Å². The maximum Gasteiger partial charge on any atom is 0.490 e. The fourth-order valence-corrected chi connectivity index (χ4v) is 4.40. The standard InChI is InChI=1S/C17H22N4OS.2C2HF3O2/c1-4-17(13-21(7-1)10-14-3-8-23-12-14)9-15(11-22-17)20-16-18-5-2-6-19-16;2*3-2(4,5)1(6)7/h2-3,5-6,8,12,15H,1,4,7,9-11,13H2,(H,18,19,20);2*(H,6,7). The predicted octanol–water partition coefficient (Wildman–Crippen LogP) is 4.04. The first-order chi connectivity index (χ1) is 17.2. The molecule has 9 nitrogen and oxygen atoms in total. The number of carboxylic acids is 2. The molecule has 16 heteroatoms. The van der Waals surface area contributed by atoms with Crippen LogP contribution >= 0.6 is 11.3 Å². The number of carbonyl (C=O) groups is 2. The SMILES string of the molecule is O=C(O)C(F)(F)F.O=C(O)C(F)(F)F.c1cnc(NC2COC3(CCCN(Cc4ccsc4)C3)C2)nc1. The summed E-state index contributed by atoms with van der Waals surface area (Å²) in [5.41, 5.74) is 1.41. The molecule has 1 spiro atoms. The average Bonchev–Trinajstić information content (AvgIpc) is 3.44. The minimum absolute atomic E-state index is 0.000713. The smallest absolute Gasteiger partial charge is 0.475 e. The summed E-state index contributed by atoms with van der Waals surface area (Å²) in [4.78, 5) is 28.8. The lowest BCUT2D eigenvalue weighted by atomic mass is 9.88. The number of halogens is 6. The number of piperidine rings is 1. The quantitative estimate of drug-likeness (QED) is 0.477. The second-order valence-electron chi connectivity index (χ2n) is 8.16. The van der Waals surface area contributed by atoms with Crippen molar-refractivity contribution in [3.8, 4) is 0 Å². The largest absolute Gasteiger partial charge is 0.490 e. The first-order valence-corrected chi connectivity index (χ1v) is 11.7. The first-order valence-electron chi connectivity index (χ1n) is 10.7. The number of ether oxygens (including phenoxy) is 1. The maximum atomic E-state index is 10.6. The summed E-state index contributed by atoms with van der Waals surface area (Å²) in [7, 11) is 0. The van der Waals surface area contributed by atoms with Gasteiger partial charge in [-0.1, -0.05) is 0 Å². The average molecular weight is 559 g/mol. The van der Waals surface area contributed by atoms with Crippen LogP contribution in [-0.2, 0) is 20.9 Å². The van der Waals surface area contributed by atoms with Gasteiger partial charge in [0.1, 0.15) is 0 Å². The van der Waals surface area contributed by atoms with Gasteiger partial charge in [0.05, 0.1) is 18.2 Å². The van der Waals surface area contributed by atoms with Crippen molar-refractivity contribution in [3.63, 3.8) is 0 Å². The van der Waals surface area contributed by atoms with Gasteiger partial charge in [-0.3, -0.25) is 4.90 Å². The highest BCUT2D eigenvalue weighted by atomic mass is 32.1. The van der Waals surface area contributed by atoms with Crippen molar-refractivity contribution < 1.29 is 50.9 Å². The molecule has 0 aliphatic carbocycles. The number of hydrogen-bond acceptors (Lipinski definition) is 8. The third kappa shape index (κ3) is 10.5. The van der Waals surface area contributed by atoms with E-state index in [4.69, 9.17) is 24.5 Å².